The van der Waals surface area contributed by atoms with Crippen molar-refractivity contribution in [2.45, 2.75) is 315 Å². The monoisotopic (exact) mass is 914 g/mol. The molecule has 0 saturated heterocycles. The van der Waals surface area contributed by atoms with Crippen molar-refractivity contribution in [3.63, 3.8) is 0 Å². The third-order valence-corrected chi connectivity index (χ3v) is 13.2. The van der Waals surface area contributed by atoms with Crippen LogP contribution in [0.4, 0.5) is 0 Å². The van der Waals surface area contributed by atoms with Gasteiger partial charge in [0.05, 0.1) is 25.4 Å². The summed E-state index contributed by atoms with van der Waals surface area (Å²) in [5.41, 5.74) is 0. The average Bonchev–Trinajstić information content (AvgIpc) is 3.31. The second-order valence-corrected chi connectivity index (χ2v) is 19.6. The van der Waals surface area contributed by atoms with Gasteiger partial charge in [-0.2, -0.15) is 0 Å². The van der Waals surface area contributed by atoms with Gasteiger partial charge >= 0.3 is 5.97 Å². The molecule has 0 heterocycles. The number of ether oxygens (including phenoxy) is 1. The van der Waals surface area contributed by atoms with Crippen molar-refractivity contribution < 1.29 is 24.5 Å². The molecule has 0 fully saturated rings. The lowest BCUT2D eigenvalue weighted by atomic mass is 10.0. The molecule has 0 radical (unpaired) electrons. The average molecular weight is 915 g/mol. The predicted molar refractivity (Wildman–Crippen MR) is 283 cm³/mol. The molecule has 0 rings (SSSR count). The van der Waals surface area contributed by atoms with Crippen molar-refractivity contribution in [2.24, 2.45) is 0 Å². The van der Waals surface area contributed by atoms with Crippen LogP contribution in [0.2, 0.25) is 0 Å². The third-order valence-electron chi connectivity index (χ3n) is 13.2. The van der Waals surface area contributed by atoms with E-state index in [1.807, 2.05) is 0 Å². The van der Waals surface area contributed by atoms with Gasteiger partial charge in [-0.05, 0) is 89.9 Å². The Morgan fingerprint density at radius 2 is 0.769 bits per heavy atom. The van der Waals surface area contributed by atoms with Crippen molar-refractivity contribution in [3.05, 3.63) is 36.5 Å². The summed E-state index contributed by atoms with van der Waals surface area (Å²) in [6, 6.07) is -0.562. The van der Waals surface area contributed by atoms with E-state index in [0.29, 0.717) is 25.9 Å². The minimum absolute atomic E-state index is 0.0298. The van der Waals surface area contributed by atoms with E-state index in [4.69, 9.17) is 4.74 Å². The van der Waals surface area contributed by atoms with Gasteiger partial charge in [0.2, 0.25) is 5.91 Å². The van der Waals surface area contributed by atoms with Gasteiger partial charge in [-0.1, -0.05) is 237 Å². The van der Waals surface area contributed by atoms with Gasteiger partial charge in [-0.25, -0.2) is 0 Å². The summed E-state index contributed by atoms with van der Waals surface area (Å²) in [5.74, 6) is -0.0897. The van der Waals surface area contributed by atoms with Crippen molar-refractivity contribution in [3.8, 4) is 0 Å². The molecule has 0 aliphatic carbocycles. The number of rotatable bonds is 53. The standard InChI is InChI=1S/C59H111NO5/c1-3-5-7-9-11-13-15-17-19-21-23-25-27-31-35-39-43-47-51-57(62)56(55-61)60-58(63)52-48-44-40-36-32-29-30-34-38-42-46-50-54-65-59(64)53-49-45-41-37-33-28-26-24-22-20-18-16-14-12-10-8-6-4-2/h14,16,20,22,30,34,56-57,61-62H,3-13,15,17-19,21,23-29,31-33,35-55H2,1-2H3,(H,60,63)/b16-14-,22-20-,34-30-. The number of carbonyl (C=O) groups is 2. The molecule has 382 valence electrons. The fourth-order valence-corrected chi connectivity index (χ4v) is 8.72. The molecule has 0 aromatic rings. The highest BCUT2D eigenvalue weighted by Crippen LogP contribution is 2.17. The Bertz CT molecular complexity index is 1060. The number of amides is 1. The zero-order chi connectivity index (χ0) is 47.2. The third kappa shape index (κ3) is 51.3. The highest BCUT2D eigenvalue weighted by atomic mass is 16.5. The van der Waals surface area contributed by atoms with E-state index in [2.05, 4.69) is 55.6 Å². The van der Waals surface area contributed by atoms with Gasteiger partial charge < -0.3 is 20.3 Å². The minimum atomic E-state index is -0.682. The normalized spacial score (nSPS) is 12.9. The Morgan fingerprint density at radius 1 is 0.431 bits per heavy atom. The zero-order valence-corrected chi connectivity index (χ0v) is 43.5. The van der Waals surface area contributed by atoms with E-state index in [-0.39, 0.29) is 18.5 Å². The Hall–Kier alpha value is -1.92. The first-order valence-electron chi connectivity index (χ1n) is 28.7. The van der Waals surface area contributed by atoms with Crippen molar-refractivity contribution >= 4 is 11.9 Å². The Labute approximate surface area is 404 Å². The molecule has 0 aromatic carbocycles. The van der Waals surface area contributed by atoms with Gasteiger partial charge in [0, 0.05) is 12.8 Å². The maximum absolute atomic E-state index is 12.5. The van der Waals surface area contributed by atoms with E-state index >= 15 is 0 Å². The van der Waals surface area contributed by atoms with Gasteiger partial charge in [0.1, 0.15) is 0 Å². The molecule has 0 spiro atoms. The van der Waals surface area contributed by atoms with Crippen molar-refractivity contribution in [1.29, 1.82) is 0 Å². The van der Waals surface area contributed by atoms with Crippen LogP contribution in [0.15, 0.2) is 36.5 Å². The maximum atomic E-state index is 12.5. The molecule has 0 aliphatic heterocycles. The van der Waals surface area contributed by atoms with Crippen LogP contribution in [-0.2, 0) is 14.3 Å². The van der Waals surface area contributed by atoms with E-state index < -0.39 is 12.1 Å². The largest absolute Gasteiger partial charge is 0.466 e. The summed E-state index contributed by atoms with van der Waals surface area (Å²) < 4.78 is 5.46. The van der Waals surface area contributed by atoms with Gasteiger partial charge in [-0.15, -0.1) is 0 Å². The molecule has 1 amide bonds. The van der Waals surface area contributed by atoms with Crippen LogP contribution >= 0.6 is 0 Å². The Kier molecular flexibility index (Phi) is 53.1. The number of allylic oxidation sites excluding steroid dienone is 6. The van der Waals surface area contributed by atoms with Crippen LogP contribution in [0.3, 0.4) is 0 Å². The van der Waals surface area contributed by atoms with Gasteiger partial charge in [-0.3, -0.25) is 9.59 Å². The molecule has 2 atom stereocenters. The highest BCUT2D eigenvalue weighted by Gasteiger charge is 2.20. The maximum Gasteiger partial charge on any atom is 0.305 e. The number of carbonyl (C=O) groups excluding carboxylic acids is 2. The first-order chi connectivity index (χ1) is 32.0. The van der Waals surface area contributed by atoms with E-state index in [9.17, 15) is 19.8 Å². The number of unbranched alkanes of at least 4 members (excludes halogenated alkanes) is 36. The summed E-state index contributed by atoms with van der Waals surface area (Å²) in [6.45, 7) is 4.88. The van der Waals surface area contributed by atoms with Crippen LogP contribution in [0.1, 0.15) is 303 Å². The molecule has 6 nitrogen and oxygen atoms in total. The summed E-state index contributed by atoms with van der Waals surface area (Å²) in [7, 11) is 0. The molecule has 0 aromatic heterocycles. The highest BCUT2D eigenvalue weighted by molar-refractivity contribution is 5.76. The number of esters is 1. The summed E-state index contributed by atoms with van der Waals surface area (Å²) in [4.78, 5) is 24.6. The number of aliphatic hydroxyl groups is 2. The van der Waals surface area contributed by atoms with E-state index in [0.717, 1.165) is 83.5 Å². The number of aliphatic hydroxyl groups excluding tert-OH is 2. The SMILES string of the molecule is CCCCCC/C=C\C/C=C\CCCCCCCCCC(=O)OCCCCC/C=C\CCCCCCCC(=O)NC(CO)C(O)CCCCCCCCCCCCCCCCCCCC. The first kappa shape index (κ1) is 63.1. The van der Waals surface area contributed by atoms with Crippen molar-refractivity contribution in [1.82, 2.24) is 5.32 Å². The second kappa shape index (κ2) is 54.7. The van der Waals surface area contributed by atoms with Crippen LogP contribution in [0.5, 0.6) is 0 Å². The second-order valence-electron chi connectivity index (χ2n) is 19.6. The van der Waals surface area contributed by atoms with Gasteiger partial charge in [0.15, 0.2) is 0 Å². The summed E-state index contributed by atoms with van der Waals surface area (Å²) in [6.07, 6.45) is 67.0. The number of nitrogens with one attached hydrogen (secondary N) is 1. The van der Waals surface area contributed by atoms with E-state index in [1.54, 1.807) is 0 Å². The first-order valence-corrected chi connectivity index (χ1v) is 28.7. The molecule has 0 saturated carbocycles. The molecule has 6 heteroatoms. The molecule has 0 bridgehead atoms. The molecular formula is C59H111NO5. The fraction of sp³-hybridized carbons (Fsp3) is 0.864. The number of hydrogen-bond donors (Lipinski definition) is 3. The molecule has 65 heavy (non-hydrogen) atoms. The summed E-state index contributed by atoms with van der Waals surface area (Å²) >= 11 is 0. The summed E-state index contributed by atoms with van der Waals surface area (Å²) in [5, 5.41) is 23.3. The lowest BCUT2D eigenvalue weighted by molar-refractivity contribution is -0.143. The quantitative estimate of drug-likeness (QED) is 0.0321. The Morgan fingerprint density at radius 3 is 1.20 bits per heavy atom. The Balaban J connectivity index is 3.50. The lowest BCUT2D eigenvalue weighted by Crippen LogP contribution is -2.45. The minimum Gasteiger partial charge on any atom is -0.466 e. The topological polar surface area (TPSA) is 95.9 Å². The van der Waals surface area contributed by atoms with Crippen LogP contribution in [-0.4, -0.2) is 47.4 Å². The molecule has 0 aliphatic rings. The molecule has 2 unspecified atom stereocenters. The van der Waals surface area contributed by atoms with E-state index in [1.165, 1.54) is 186 Å². The van der Waals surface area contributed by atoms with Crippen LogP contribution in [0.25, 0.3) is 0 Å². The fourth-order valence-electron chi connectivity index (χ4n) is 8.72. The predicted octanol–water partition coefficient (Wildman–Crippen LogP) is 17.6. The smallest absolute Gasteiger partial charge is 0.305 e. The molecule has 3 N–H and O–H groups in total. The van der Waals surface area contributed by atoms with Crippen LogP contribution < -0.4 is 5.32 Å². The number of hydrogen-bond acceptors (Lipinski definition) is 5. The van der Waals surface area contributed by atoms with Gasteiger partial charge in [0.25, 0.3) is 0 Å². The zero-order valence-electron chi connectivity index (χ0n) is 43.5. The van der Waals surface area contributed by atoms with Crippen molar-refractivity contribution in [2.75, 3.05) is 13.2 Å². The van der Waals surface area contributed by atoms with Crippen LogP contribution in [0, 0.1) is 0 Å². The molecular weight excluding hydrogens is 803 g/mol. The lowest BCUT2D eigenvalue weighted by Gasteiger charge is -2.22.